The quantitative estimate of drug-likeness (QED) is 0.622. The lowest BCUT2D eigenvalue weighted by molar-refractivity contribution is -0.146. The number of nitrogens with zero attached hydrogens (tertiary/aromatic N) is 3. The molecule has 7 nitrogen and oxygen atoms in total. The molecule has 1 rings (SSSR count). The van der Waals surface area contributed by atoms with E-state index in [4.69, 9.17) is 16.2 Å². The van der Waals surface area contributed by atoms with Gasteiger partial charge in [0, 0.05) is 6.92 Å². The van der Waals surface area contributed by atoms with Crippen LogP contribution >= 0.6 is 0 Å². The Bertz CT molecular complexity index is 334. The monoisotopic (exact) mass is 197 g/mol. The van der Waals surface area contributed by atoms with E-state index in [1.165, 1.54) is 6.92 Å². The van der Waals surface area contributed by atoms with Crippen LogP contribution in [0, 0.1) is 0 Å². The first kappa shape index (κ1) is 10.2. The van der Waals surface area contributed by atoms with Crippen molar-refractivity contribution in [3.05, 3.63) is 5.82 Å². The zero-order valence-electron chi connectivity index (χ0n) is 7.89. The summed E-state index contributed by atoms with van der Waals surface area (Å²) in [5.74, 6) is -0.168. The third-order valence-corrected chi connectivity index (χ3v) is 1.39. The molecule has 0 radical (unpaired) electrons. The highest BCUT2D eigenvalue weighted by molar-refractivity contribution is 5.66. The van der Waals surface area contributed by atoms with Gasteiger partial charge in [0.2, 0.25) is 11.9 Å². The molecule has 1 aromatic heterocycles. The van der Waals surface area contributed by atoms with Crippen LogP contribution in [-0.4, -0.2) is 20.9 Å². The van der Waals surface area contributed by atoms with Crippen LogP contribution in [0.25, 0.3) is 0 Å². The summed E-state index contributed by atoms with van der Waals surface area (Å²) in [6.45, 7) is 2.92. The predicted molar refractivity (Wildman–Crippen MR) is 48.8 cm³/mol. The van der Waals surface area contributed by atoms with Gasteiger partial charge in [-0.2, -0.15) is 15.0 Å². The zero-order chi connectivity index (χ0) is 10.7. The average molecular weight is 197 g/mol. The molecule has 0 spiro atoms. The van der Waals surface area contributed by atoms with E-state index < -0.39 is 12.1 Å². The fourth-order valence-corrected chi connectivity index (χ4v) is 0.911. The van der Waals surface area contributed by atoms with Crippen LogP contribution in [0.2, 0.25) is 0 Å². The topological polar surface area (TPSA) is 117 Å². The summed E-state index contributed by atoms with van der Waals surface area (Å²) in [6.07, 6.45) is -0.583. The van der Waals surface area contributed by atoms with E-state index in [-0.39, 0.29) is 17.7 Å². The maximum atomic E-state index is 10.6. The van der Waals surface area contributed by atoms with Crippen molar-refractivity contribution >= 4 is 17.9 Å². The number of aromatic nitrogens is 3. The molecule has 7 heteroatoms. The van der Waals surface area contributed by atoms with Gasteiger partial charge in [-0.25, -0.2) is 0 Å². The number of nitrogens with two attached hydrogens (primary N) is 2. The Hall–Kier alpha value is -1.92. The molecule has 0 fully saturated rings. The van der Waals surface area contributed by atoms with Gasteiger partial charge in [-0.3, -0.25) is 4.79 Å². The molecule has 0 bridgehead atoms. The van der Waals surface area contributed by atoms with Crippen molar-refractivity contribution in [3.8, 4) is 0 Å². The Kier molecular flexibility index (Phi) is 2.80. The van der Waals surface area contributed by atoms with Gasteiger partial charge in [0.25, 0.3) is 0 Å². The van der Waals surface area contributed by atoms with Gasteiger partial charge in [0.1, 0.15) is 0 Å². The lowest BCUT2D eigenvalue weighted by atomic mass is 10.4. The number of carbonyl (C=O) groups excluding carboxylic acids is 1. The molecule has 1 unspecified atom stereocenters. The second-order valence-corrected chi connectivity index (χ2v) is 2.66. The molecule has 0 saturated carbocycles. The second kappa shape index (κ2) is 3.86. The summed E-state index contributed by atoms with van der Waals surface area (Å²) in [7, 11) is 0. The van der Waals surface area contributed by atoms with Crippen molar-refractivity contribution < 1.29 is 9.53 Å². The molecular formula is C7H11N5O2. The highest BCUT2D eigenvalue weighted by Gasteiger charge is 2.13. The zero-order valence-corrected chi connectivity index (χ0v) is 7.89. The molecule has 0 saturated heterocycles. The highest BCUT2D eigenvalue weighted by atomic mass is 16.5. The molecule has 0 amide bonds. The van der Waals surface area contributed by atoms with Crippen LogP contribution in [0.5, 0.6) is 0 Å². The van der Waals surface area contributed by atoms with Crippen LogP contribution in [0.4, 0.5) is 11.9 Å². The van der Waals surface area contributed by atoms with Crippen LogP contribution in [0.15, 0.2) is 0 Å². The van der Waals surface area contributed by atoms with E-state index >= 15 is 0 Å². The highest BCUT2D eigenvalue weighted by Crippen LogP contribution is 2.13. The van der Waals surface area contributed by atoms with Crippen molar-refractivity contribution in [2.45, 2.75) is 20.0 Å². The minimum Gasteiger partial charge on any atom is -0.455 e. The third kappa shape index (κ3) is 2.54. The summed E-state index contributed by atoms with van der Waals surface area (Å²) in [4.78, 5) is 21.8. The number of hydrogen-bond acceptors (Lipinski definition) is 7. The van der Waals surface area contributed by atoms with Crippen molar-refractivity contribution in [2.75, 3.05) is 11.5 Å². The number of anilines is 2. The van der Waals surface area contributed by atoms with Crippen LogP contribution < -0.4 is 11.5 Å². The molecule has 0 aliphatic rings. The van der Waals surface area contributed by atoms with Crippen molar-refractivity contribution in [1.29, 1.82) is 0 Å². The predicted octanol–water partition coefficient (Wildman–Crippen LogP) is -0.340. The van der Waals surface area contributed by atoms with Gasteiger partial charge < -0.3 is 16.2 Å². The Labute approximate surface area is 80.5 Å². The number of carbonyl (C=O) groups is 1. The molecule has 1 aromatic rings. The molecular weight excluding hydrogens is 186 g/mol. The Morgan fingerprint density at radius 2 is 1.79 bits per heavy atom. The normalized spacial score (nSPS) is 12.1. The smallest absolute Gasteiger partial charge is 0.303 e. The van der Waals surface area contributed by atoms with E-state index in [1.54, 1.807) is 6.92 Å². The standard InChI is InChI=1S/C7H11N5O2/c1-3(14-4(2)13)5-10-6(8)12-7(9)11-5/h3H,1-2H3,(H4,8,9,10,11,12). The van der Waals surface area contributed by atoms with E-state index in [1.807, 2.05) is 0 Å². The Morgan fingerprint density at radius 1 is 1.29 bits per heavy atom. The van der Waals surface area contributed by atoms with Crippen LogP contribution in [0.3, 0.4) is 0 Å². The Balaban J connectivity index is 2.89. The van der Waals surface area contributed by atoms with Crippen molar-refractivity contribution in [3.63, 3.8) is 0 Å². The number of hydrogen-bond donors (Lipinski definition) is 2. The summed E-state index contributed by atoms with van der Waals surface area (Å²) in [6, 6.07) is 0. The van der Waals surface area contributed by atoms with Crippen LogP contribution in [-0.2, 0) is 9.53 Å². The molecule has 0 aliphatic carbocycles. The van der Waals surface area contributed by atoms with Crippen LogP contribution in [0.1, 0.15) is 25.8 Å². The SMILES string of the molecule is CC(=O)OC(C)c1nc(N)nc(N)n1. The molecule has 0 aromatic carbocycles. The molecule has 4 N–H and O–H groups in total. The molecule has 76 valence electrons. The number of ether oxygens (including phenoxy) is 1. The molecule has 1 heterocycles. The minimum atomic E-state index is -0.583. The van der Waals surface area contributed by atoms with E-state index in [0.717, 1.165) is 0 Å². The first-order valence-electron chi connectivity index (χ1n) is 3.93. The van der Waals surface area contributed by atoms with Gasteiger partial charge in [-0.05, 0) is 6.92 Å². The lowest BCUT2D eigenvalue weighted by Crippen LogP contribution is -2.12. The first-order valence-corrected chi connectivity index (χ1v) is 3.93. The van der Waals surface area contributed by atoms with E-state index in [2.05, 4.69) is 15.0 Å². The fraction of sp³-hybridized carbons (Fsp3) is 0.429. The summed E-state index contributed by atoms with van der Waals surface area (Å²) in [5, 5.41) is 0. The largest absolute Gasteiger partial charge is 0.455 e. The molecule has 1 atom stereocenters. The number of nitrogen functional groups attached to an aromatic ring is 2. The van der Waals surface area contributed by atoms with Gasteiger partial charge in [-0.15, -0.1) is 0 Å². The fourth-order valence-electron chi connectivity index (χ4n) is 0.911. The number of rotatable bonds is 2. The van der Waals surface area contributed by atoms with Gasteiger partial charge in [-0.1, -0.05) is 0 Å². The summed E-state index contributed by atoms with van der Waals surface area (Å²) in [5.41, 5.74) is 10.7. The lowest BCUT2D eigenvalue weighted by Gasteiger charge is -2.10. The van der Waals surface area contributed by atoms with Gasteiger partial charge in [0.05, 0.1) is 0 Å². The maximum absolute atomic E-state index is 10.6. The van der Waals surface area contributed by atoms with Crippen molar-refractivity contribution in [1.82, 2.24) is 15.0 Å². The average Bonchev–Trinajstić information content (AvgIpc) is 2.00. The molecule has 0 aliphatic heterocycles. The van der Waals surface area contributed by atoms with Gasteiger partial charge >= 0.3 is 5.97 Å². The van der Waals surface area contributed by atoms with Gasteiger partial charge in [0.15, 0.2) is 11.9 Å². The molecule has 14 heavy (non-hydrogen) atoms. The number of esters is 1. The van der Waals surface area contributed by atoms with E-state index in [9.17, 15) is 4.79 Å². The Morgan fingerprint density at radius 3 is 2.21 bits per heavy atom. The van der Waals surface area contributed by atoms with E-state index in [0.29, 0.717) is 0 Å². The minimum absolute atomic E-state index is 0.00602. The third-order valence-electron chi connectivity index (χ3n) is 1.39. The maximum Gasteiger partial charge on any atom is 0.303 e. The summed E-state index contributed by atoms with van der Waals surface area (Å²) >= 11 is 0. The second-order valence-electron chi connectivity index (χ2n) is 2.66. The van der Waals surface area contributed by atoms with Crippen molar-refractivity contribution in [2.24, 2.45) is 0 Å². The summed E-state index contributed by atoms with van der Waals surface area (Å²) < 4.78 is 4.84. The first-order chi connectivity index (χ1) is 6.49.